The van der Waals surface area contributed by atoms with Crippen LogP contribution in [0.15, 0.2) is 12.2 Å². The lowest BCUT2D eigenvalue weighted by Gasteiger charge is -2.26. The van der Waals surface area contributed by atoms with Crippen LogP contribution in [0, 0.1) is 0 Å². The molecule has 1 rings (SSSR count). The maximum atomic E-state index is 11.2. The summed E-state index contributed by atoms with van der Waals surface area (Å²) in [6.07, 6.45) is 2.59. The van der Waals surface area contributed by atoms with Crippen molar-refractivity contribution in [1.29, 1.82) is 0 Å². The zero-order valence-corrected chi connectivity index (χ0v) is 16.0. The Kier molecular flexibility index (Phi) is 10.4. The molecule has 0 spiro atoms. The quantitative estimate of drug-likeness (QED) is 0.145. The van der Waals surface area contributed by atoms with Gasteiger partial charge in [-0.05, 0) is 26.2 Å². The van der Waals surface area contributed by atoms with E-state index >= 15 is 0 Å². The van der Waals surface area contributed by atoms with Crippen molar-refractivity contribution >= 4 is 14.8 Å². The SMILES string of the molecule is C=C(C)C(=O)OCCCCO[Si](CCCOCC1CO1)(OC)OC. The Hall–Kier alpha value is -0.773. The van der Waals surface area contributed by atoms with Crippen LogP contribution < -0.4 is 0 Å². The van der Waals surface area contributed by atoms with Crippen LogP contribution in [0.3, 0.4) is 0 Å². The van der Waals surface area contributed by atoms with E-state index in [4.69, 9.17) is 27.5 Å². The zero-order valence-electron chi connectivity index (χ0n) is 15.0. The smallest absolute Gasteiger partial charge is 0.462 e. The first-order valence-electron chi connectivity index (χ1n) is 8.29. The molecule has 24 heavy (non-hydrogen) atoms. The fourth-order valence-corrected chi connectivity index (χ4v) is 3.95. The Morgan fingerprint density at radius 2 is 1.83 bits per heavy atom. The Labute approximate surface area is 145 Å². The molecule has 0 bridgehead atoms. The average Bonchev–Trinajstić information content (AvgIpc) is 3.40. The molecule has 7 nitrogen and oxygen atoms in total. The van der Waals surface area contributed by atoms with Crippen molar-refractivity contribution in [3.63, 3.8) is 0 Å². The first-order valence-corrected chi connectivity index (χ1v) is 10.2. The fraction of sp³-hybridized carbons (Fsp3) is 0.812. The zero-order chi connectivity index (χ0) is 17.8. The molecule has 0 aliphatic carbocycles. The Balaban J connectivity index is 2.11. The van der Waals surface area contributed by atoms with Gasteiger partial charge in [-0.1, -0.05) is 6.58 Å². The molecule has 0 N–H and O–H groups in total. The Morgan fingerprint density at radius 1 is 1.17 bits per heavy atom. The van der Waals surface area contributed by atoms with Crippen molar-refractivity contribution in [1.82, 2.24) is 0 Å². The van der Waals surface area contributed by atoms with E-state index in [1.165, 1.54) is 0 Å². The van der Waals surface area contributed by atoms with Gasteiger partial charge in [0.2, 0.25) is 0 Å². The van der Waals surface area contributed by atoms with E-state index in [0.717, 1.165) is 25.9 Å². The summed E-state index contributed by atoms with van der Waals surface area (Å²) in [5.41, 5.74) is 0.409. The molecule has 0 radical (unpaired) electrons. The van der Waals surface area contributed by atoms with E-state index < -0.39 is 8.80 Å². The second kappa shape index (κ2) is 11.7. The molecule has 1 aliphatic heterocycles. The molecule has 1 fully saturated rings. The van der Waals surface area contributed by atoms with Crippen molar-refractivity contribution in [2.75, 3.05) is 47.3 Å². The summed E-state index contributed by atoms with van der Waals surface area (Å²) in [6.45, 7) is 8.13. The van der Waals surface area contributed by atoms with Crippen LogP contribution in [-0.4, -0.2) is 68.1 Å². The standard InChI is InChI=1S/C16H30O7Si/c1-14(2)16(17)21-9-5-6-10-23-24(18-3,19-4)11-7-8-20-12-15-13-22-15/h15H,1,5-13H2,2-4H3. The molecule has 0 saturated carbocycles. The maximum absolute atomic E-state index is 11.2. The van der Waals surface area contributed by atoms with Crippen molar-refractivity contribution in [2.45, 2.75) is 38.3 Å². The van der Waals surface area contributed by atoms with Crippen LogP contribution in [0.4, 0.5) is 0 Å². The number of esters is 1. The van der Waals surface area contributed by atoms with Gasteiger partial charge in [-0.15, -0.1) is 0 Å². The molecule has 1 heterocycles. The normalized spacial score (nSPS) is 16.9. The number of carbonyl (C=O) groups excluding carboxylic acids is 1. The number of carbonyl (C=O) groups is 1. The van der Waals surface area contributed by atoms with Gasteiger partial charge in [0.05, 0.1) is 19.8 Å². The van der Waals surface area contributed by atoms with E-state index in [0.29, 0.717) is 38.0 Å². The van der Waals surface area contributed by atoms with Crippen molar-refractivity contribution in [3.8, 4) is 0 Å². The number of unbranched alkanes of at least 4 members (excludes halogenated alkanes) is 1. The van der Waals surface area contributed by atoms with Crippen LogP contribution in [0.1, 0.15) is 26.2 Å². The summed E-state index contributed by atoms with van der Waals surface area (Å²) in [7, 11) is 0.591. The molecule has 0 aromatic rings. The molecule has 1 unspecified atom stereocenters. The van der Waals surface area contributed by atoms with Gasteiger partial charge >= 0.3 is 14.8 Å². The number of hydrogen-bond acceptors (Lipinski definition) is 7. The minimum atomic E-state index is -2.64. The molecule has 0 amide bonds. The largest absolute Gasteiger partial charge is 0.500 e. The molecule has 1 saturated heterocycles. The fourth-order valence-electron chi connectivity index (χ4n) is 1.97. The van der Waals surface area contributed by atoms with Gasteiger partial charge in [0.1, 0.15) is 6.10 Å². The van der Waals surface area contributed by atoms with E-state index in [1.54, 1.807) is 21.1 Å². The van der Waals surface area contributed by atoms with E-state index in [-0.39, 0.29) is 12.1 Å². The molecular formula is C16H30O7Si. The second-order valence-corrected chi connectivity index (χ2v) is 8.67. The van der Waals surface area contributed by atoms with Gasteiger partial charge in [-0.25, -0.2) is 4.79 Å². The monoisotopic (exact) mass is 362 g/mol. The molecule has 8 heteroatoms. The predicted octanol–water partition coefficient (Wildman–Crippen LogP) is 1.94. The van der Waals surface area contributed by atoms with Gasteiger partial charge in [0.25, 0.3) is 0 Å². The highest BCUT2D eigenvalue weighted by molar-refractivity contribution is 6.60. The first-order chi connectivity index (χ1) is 11.5. The van der Waals surface area contributed by atoms with Crippen LogP contribution in [0.25, 0.3) is 0 Å². The molecule has 0 aromatic heterocycles. The third-order valence-corrected chi connectivity index (χ3v) is 6.40. The number of hydrogen-bond donors (Lipinski definition) is 0. The van der Waals surface area contributed by atoms with Crippen molar-refractivity contribution in [3.05, 3.63) is 12.2 Å². The topological polar surface area (TPSA) is 75.8 Å². The molecule has 1 aliphatic rings. The van der Waals surface area contributed by atoms with Gasteiger partial charge < -0.3 is 27.5 Å². The van der Waals surface area contributed by atoms with Crippen LogP contribution >= 0.6 is 0 Å². The summed E-state index contributed by atoms with van der Waals surface area (Å²) < 4.78 is 32.6. The minimum absolute atomic E-state index is 0.284. The van der Waals surface area contributed by atoms with Gasteiger partial charge in [0.15, 0.2) is 0 Å². The molecule has 0 aromatic carbocycles. The molecule has 140 valence electrons. The Bertz CT molecular complexity index is 381. The lowest BCUT2D eigenvalue weighted by molar-refractivity contribution is -0.139. The highest BCUT2D eigenvalue weighted by atomic mass is 28.4. The van der Waals surface area contributed by atoms with E-state index in [1.807, 2.05) is 0 Å². The van der Waals surface area contributed by atoms with Crippen LogP contribution in [0.5, 0.6) is 0 Å². The lowest BCUT2D eigenvalue weighted by atomic mass is 10.3. The van der Waals surface area contributed by atoms with Gasteiger partial charge in [0, 0.05) is 39.1 Å². The van der Waals surface area contributed by atoms with Crippen LogP contribution in [-0.2, 0) is 32.3 Å². The number of epoxide rings is 1. The third-order valence-electron chi connectivity index (χ3n) is 3.54. The summed E-state index contributed by atoms with van der Waals surface area (Å²) in [5.74, 6) is -0.356. The molecular weight excluding hydrogens is 332 g/mol. The van der Waals surface area contributed by atoms with E-state index in [2.05, 4.69) is 6.58 Å². The van der Waals surface area contributed by atoms with Crippen molar-refractivity contribution < 1.29 is 32.3 Å². The Morgan fingerprint density at radius 3 is 2.42 bits per heavy atom. The highest BCUT2D eigenvalue weighted by Crippen LogP contribution is 2.17. The number of rotatable bonds is 15. The minimum Gasteiger partial charge on any atom is -0.462 e. The second-order valence-electron chi connectivity index (χ2n) is 5.70. The maximum Gasteiger partial charge on any atom is 0.500 e. The highest BCUT2D eigenvalue weighted by Gasteiger charge is 2.38. The lowest BCUT2D eigenvalue weighted by Crippen LogP contribution is -2.44. The van der Waals surface area contributed by atoms with Gasteiger partial charge in [-0.2, -0.15) is 0 Å². The molecule has 1 atom stereocenters. The predicted molar refractivity (Wildman–Crippen MR) is 90.7 cm³/mol. The van der Waals surface area contributed by atoms with Crippen molar-refractivity contribution in [2.24, 2.45) is 0 Å². The van der Waals surface area contributed by atoms with Gasteiger partial charge in [-0.3, -0.25) is 0 Å². The summed E-state index contributed by atoms with van der Waals surface area (Å²) in [6, 6.07) is 0.705. The first kappa shape index (κ1) is 21.3. The summed E-state index contributed by atoms with van der Waals surface area (Å²) in [4.78, 5) is 11.2. The average molecular weight is 362 g/mol. The van der Waals surface area contributed by atoms with E-state index in [9.17, 15) is 4.79 Å². The number of ether oxygens (including phenoxy) is 3. The summed E-state index contributed by atoms with van der Waals surface area (Å²) >= 11 is 0. The third kappa shape index (κ3) is 8.91. The van der Waals surface area contributed by atoms with Crippen LogP contribution in [0.2, 0.25) is 6.04 Å². The summed E-state index contributed by atoms with van der Waals surface area (Å²) in [5, 5.41) is 0.